The highest BCUT2D eigenvalue weighted by Gasteiger charge is 2.32. The monoisotopic (exact) mass is 730 g/mol. The fraction of sp³-hybridized carbons (Fsp3) is 0.400. The van der Waals surface area contributed by atoms with E-state index < -0.39 is 34.1 Å². The van der Waals surface area contributed by atoms with Crippen LogP contribution in [0.2, 0.25) is 0 Å². The Kier molecular flexibility index (Phi) is 12.9. The van der Waals surface area contributed by atoms with Gasteiger partial charge in [-0.3, -0.25) is 4.79 Å². The number of rotatable bonds is 8. The lowest BCUT2D eigenvalue weighted by Crippen LogP contribution is -2.48. The molecule has 0 fully saturated rings. The lowest BCUT2D eigenvalue weighted by atomic mass is 10.0. The van der Waals surface area contributed by atoms with Crippen molar-refractivity contribution in [3.05, 3.63) is 96.1 Å². The van der Waals surface area contributed by atoms with Crippen molar-refractivity contribution < 1.29 is 32.6 Å². The first-order chi connectivity index (χ1) is 24.9. The number of carbonyl (C=O) groups is 2. The molecule has 4 aromatic rings. The summed E-state index contributed by atoms with van der Waals surface area (Å²) in [6.07, 6.45) is 1.46. The van der Waals surface area contributed by atoms with Crippen molar-refractivity contribution in [1.29, 1.82) is 0 Å². The third-order valence-electron chi connectivity index (χ3n) is 9.51. The number of hydrogen-bond acceptors (Lipinski definition) is 7. The van der Waals surface area contributed by atoms with Gasteiger partial charge in [0.1, 0.15) is 5.75 Å². The molecular weight excluding hydrogens is 681 g/mol. The topological polar surface area (TPSA) is 138 Å². The summed E-state index contributed by atoms with van der Waals surface area (Å²) < 4.78 is 41.0. The van der Waals surface area contributed by atoms with E-state index in [1.54, 1.807) is 54.3 Å². The molecule has 3 amide bonds. The van der Waals surface area contributed by atoms with Crippen molar-refractivity contribution in [3.63, 3.8) is 0 Å². The van der Waals surface area contributed by atoms with Gasteiger partial charge < -0.3 is 30.1 Å². The summed E-state index contributed by atoms with van der Waals surface area (Å²) >= 11 is 0. The van der Waals surface area contributed by atoms with Crippen molar-refractivity contribution in [2.45, 2.75) is 70.1 Å². The molecule has 12 heteroatoms. The van der Waals surface area contributed by atoms with E-state index in [-0.39, 0.29) is 42.2 Å². The van der Waals surface area contributed by atoms with E-state index >= 15 is 0 Å². The Morgan fingerprint density at radius 3 is 2.48 bits per heavy atom. The third kappa shape index (κ3) is 9.48. The zero-order valence-corrected chi connectivity index (χ0v) is 31.4. The van der Waals surface area contributed by atoms with Crippen LogP contribution in [0.15, 0.2) is 89.8 Å². The highest BCUT2D eigenvalue weighted by Crippen LogP contribution is 2.30. The van der Waals surface area contributed by atoms with Crippen molar-refractivity contribution in [1.82, 2.24) is 9.21 Å². The first-order valence-corrected chi connectivity index (χ1v) is 19.2. The molecule has 0 bridgehead atoms. The lowest BCUT2D eigenvalue weighted by Gasteiger charge is -2.35. The molecule has 4 aromatic carbocycles. The van der Waals surface area contributed by atoms with Crippen LogP contribution in [0.4, 0.5) is 16.2 Å². The molecule has 0 unspecified atom stereocenters. The van der Waals surface area contributed by atoms with Crippen LogP contribution in [0.3, 0.4) is 0 Å². The normalized spacial score (nSPS) is 19.7. The van der Waals surface area contributed by atoms with Gasteiger partial charge in [0.05, 0.1) is 41.0 Å². The van der Waals surface area contributed by atoms with Gasteiger partial charge in [-0.25, -0.2) is 13.2 Å². The molecule has 0 radical (unpaired) electrons. The predicted molar refractivity (Wildman–Crippen MR) is 204 cm³/mol. The first kappa shape index (κ1) is 38.7. The Morgan fingerprint density at radius 2 is 1.73 bits per heavy atom. The number of benzene rings is 4. The van der Waals surface area contributed by atoms with Gasteiger partial charge in [0, 0.05) is 43.7 Å². The summed E-state index contributed by atoms with van der Waals surface area (Å²) in [4.78, 5) is 29.5. The van der Waals surface area contributed by atoms with Gasteiger partial charge in [-0.1, -0.05) is 61.0 Å². The number of aliphatic hydroxyl groups excluding tert-OH is 1. The Morgan fingerprint density at radius 1 is 1.00 bits per heavy atom. The molecule has 11 nitrogen and oxygen atoms in total. The van der Waals surface area contributed by atoms with Crippen LogP contribution in [0.1, 0.15) is 56.0 Å². The van der Waals surface area contributed by atoms with Gasteiger partial charge in [-0.2, -0.15) is 4.31 Å². The maximum atomic E-state index is 14.5. The fourth-order valence-corrected chi connectivity index (χ4v) is 7.51. The molecule has 0 aromatic heterocycles. The van der Waals surface area contributed by atoms with E-state index in [1.165, 1.54) is 11.4 Å². The minimum absolute atomic E-state index is 0.0723. The van der Waals surface area contributed by atoms with Crippen LogP contribution in [-0.4, -0.2) is 86.3 Å². The number of anilines is 2. The zero-order chi connectivity index (χ0) is 37.4. The molecule has 0 saturated carbocycles. The van der Waals surface area contributed by atoms with Gasteiger partial charge >= 0.3 is 6.03 Å². The Bertz CT molecular complexity index is 1950. The number of aliphatic hydroxyl groups is 1. The Labute approximate surface area is 307 Å². The number of hydrogen-bond donors (Lipinski definition) is 3. The summed E-state index contributed by atoms with van der Waals surface area (Å²) in [6, 6.07) is 24.1. The summed E-state index contributed by atoms with van der Waals surface area (Å²) in [5.41, 5.74) is 2.22. The number of likely N-dealkylation sites (N-methyl/N-ethyl adjacent to an activating group) is 1. The van der Waals surface area contributed by atoms with Gasteiger partial charge in [0.15, 0.2) is 0 Å². The maximum Gasteiger partial charge on any atom is 0.323 e. The average molecular weight is 731 g/mol. The number of amides is 3. The average Bonchev–Trinajstić information content (AvgIpc) is 3.13. The van der Waals surface area contributed by atoms with E-state index in [0.717, 1.165) is 29.2 Å². The number of nitrogens with one attached hydrogen (secondary N) is 2. The molecule has 0 aliphatic carbocycles. The lowest BCUT2D eigenvalue weighted by molar-refractivity contribution is -0.00833. The Hall–Kier alpha value is -4.49. The van der Waals surface area contributed by atoms with Crippen molar-refractivity contribution in [2.24, 2.45) is 5.92 Å². The number of urea groups is 1. The largest absolute Gasteiger partial charge is 0.490 e. The zero-order valence-electron chi connectivity index (χ0n) is 30.5. The van der Waals surface area contributed by atoms with Crippen LogP contribution < -0.4 is 15.4 Å². The SMILES string of the molecule is Cc1ccc(S(=O)(=O)N(C)C[C@H]2OCCCC[C@@H](C)Oc3ccc(NC(=O)Nc4cccc5ccccc45)cc3C(=O)N([C@@H](C)CO)C[C@@H]2C)cc1. The van der Waals surface area contributed by atoms with E-state index in [1.807, 2.05) is 63.2 Å². The molecule has 1 heterocycles. The molecule has 52 heavy (non-hydrogen) atoms. The van der Waals surface area contributed by atoms with Crippen LogP contribution in [0.25, 0.3) is 10.8 Å². The maximum absolute atomic E-state index is 14.5. The number of carbonyl (C=O) groups excluding carboxylic acids is 2. The third-order valence-corrected chi connectivity index (χ3v) is 11.4. The van der Waals surface area contributed by atoms with Crippen LogP contribution in [0, 0.1) is 12.8 Å². The molecule has 5 rings (SSSR count). The first-order valence-electron chi connectivity index (χ1n) is 17.8. The highest BCUT2D eigenvalue weighted by atomic mass is 32.2. The van der Waals surface area contributed by atoms with Crippen molar-refractivity contribution >= 4 is 44.1 Å². The molecule has 1 aliphatic heterocycles. The number of aryl methyl sites for hydroxylation is 1. The molecule has 0 saturated heterocycles. The number of ether oxygens (including phenoxy) is 2. The fourth-order valence-electron chi connectivity index (χ4n) is 6.32. The highest BCUT2D eigenvalue weighted by molar-refractivity contribution is 7.89. The van der Waals surface area contributed by atoms with E-state index in [4.69, 9.17) is 9.47 Å². The van der Waals surface area contributed by atoms with Gasteiger partial charge in [0.25, 0.3) is 5.91 Å². The second kappa shape index (κ2) is 17.4. The smallest absolute Gasteiger partial charge is 0.323 e. The van der Waals surface area contributed by atoms with Gasteiger partial charge in [-0.05, 0) is 81.8 Å². The predicted octanol–water partition coefficient (Wildman–Crippen LogP) is 6.91. The van der Waals surface area contributed by atoms with Gasteiger partial charge in [0.2, 0.25) is 10.0 Å². The molecule has 1 aliphatic rings. The van der Waals surface area contributed by atoms with E-state index in [0.29, 0.717) is 30.2 Å². The molecule has 4 atom stereocenters. The molecule has 3 N–H and O–H groups in total. The van der Waals surface area contributed by atoms with Crippen LogP contribution >= 0.6 is 0 Å². The number of sulfonamides is 1. The molecule has 278 valence electrons. The number of nitrogens with zero attached hydrogens (tertiary/aromatic N) is 2. The minimum Gasteiger partial charge on any atom is -0.490 e. The second-order valence-electron chi connectivity index (χ2n) is 13.7. The Balaban J connectivity index is 1.41. The standard InChI is InChI=1S/C40H50N4O7S/c1-27-16-19-33(20-17-27)52(48,49)43(5)25-38-28(2)24-44(29(3)26-45)39(46)35-23-32(18-21-37(35)51-30(4)11-8-9-22-50-38)41-40(47)42-36-15-10-13-31-12-6-7-14-34(31)36/h6-7,10,12-21,23,28-30,38,45H,8-9,11,22,24-26H2,1-5H3,(H2,41,42,47)/t28-,29-,30+,38+/m0/s1. The van der Waals surface area contributed by atoms with Crippen LogP contribution in [0.5, 0.6) is 5.75 Å². The van der Waals surface area contributed by atoms with E-state index in [2.05, 4.69) is 10.6 Å². The van der Waals surface area contributed by atoms with Crippen LogP contribution in [-0.2, 0) is 14.8 Å². The van der Waals surface area contributed by atoms with E-state index in [9.17, 15) is 23.1 Å². The summed E-state index contributed by atoms with van der Waals surface area (Å²) in [6.45, 7) is 7.86. The second-order valence-corrected chi connectivity index (χ2v) is 15.8. The van der Waals surface area contributed by atoms with Crippen molar-refractivity contribution in [3.8, 4) is 5.75 Å². The summed E-state index contributed by atoms with van der Waals surface area (Å²) in [7, 11) is -2.26. The van der Waals surface area contributed by atoms with Gasteiger partial charge in [-0.15, -0.1) is 0 Å². The van der Waals surface area contributed by atoms with Crippen molar-refractivity contribution in [2.75, 3.05) is 44.0 Å². The summed E-state index contributed by atoms with van der Waals surface area (Å²) in [5, 5.41) is 18.0. The number of fused-ring (bicyclic) bond motifs is 2. The molecular formula is C40H50N4O7S. The summed E-state index contributed by atoms with van der Waals surface area (Å²) in [5.74, 6) is -0.355. The minimum atomic E-state index is -3.80. The molecule has 0 spiro atoms. The quantitative estimate of drug-likeness (QED) is 0.179.